The molecule has 0 aliphatic heterocycles. The number of aromatic amines is 1. The molecule has 0 atom stereocenters. The molecule has 0 saturated carbocycles. The van der Waals surface area contributed by atoms with Gasteiger partial charge in [0.15, 0.2) is 5.43 Å². The zero-order chi connectivity index (χ0) is 17.8. The summed E-state index contributed by atoms with van der Waals surface area (Å²) in [4.78, 5) is 16.2. The van der Waals surface area contributed by atoms with Gasteiger partial charge in [-0.2, -0.15) is 0 Å². The molecule has 0 amide bonds. The van der Waals surface area contributed by atoms with Crippen LogP contribution in [0.3, 0.4) is 0 Å². The first kappa shape index (κ1) is 16.9. The third kappa shape index (κ3) is 3.18. The number of rotatable bonds is 6. The summed E-state index contributed by atoms with van der Waals surface area (Å²) in [5.41, 5.74) is 1.89. The number of ether oxygens (including phenoxy) is 3. The number of fused-ring (bicyclic) bond motifs is 1. The maximum absolute atomic E-state index is 13.0. The Morgan fingerprint density at radius 3 is 2.56 bits per heavy atom. The van der Waals surface area contributed by atoms with Gasteiger partial charge in [0, 0.05) is 28.8 Å². The van der Waals surface area contributed by atoms with Crippen molar-refractivity contribution in [3.8, 4) is 28.4 Å². The largest absolute Gasteiger partial charge is 0.497 e. The maximum atomic E-state index is 13.0. The van der Waals surface area contributed by atoms with E-state index in [4.69, 9.17) is 14.2 Å². The first-order valence-corrected chi connectivity index (χ1v) is 8.19. The van der Waals surface area contributed by atoms with Gasteiger partial charge in [-0.1, -0.05) is 13.0 Å². The Balaban J connectivity index is 2.16. The zero-order valence-electron chi connectivity index (χ0n) is 14.6. The molecule has 0 fully saturated rings. The van der Waals surface area contributed by atoms with Crippen LogP contribution in [0.5, 0.6) is 17.2 Å². The van der Waals surface area contributed by atoms with Gasteiger partial charge in [-0.15, -0.1) is 0 Å². The average molecular weight is 339 g/mol. The van der Waals surface area contributed by atoms with E-state index in [9.17, 15) is 4.79 Å². The molecule has 0 spiro atoms. The smallest absolute Gasteiger partial charge is 0.197 e. The van der Waals surface area contributed by atoms with Crippen LogP contribution in [0.2, 0.25) is 0 Å². The number of hydrogen-bond donors (Lipinski definition) is 1. The van der Waals surface area contributed by atoms with E-state index in [0.717, 1.165) is 6.42 Å². The van der Waals surface area contributed by atoms with Crippen LogP contribution in [0.15, 0.2) is 47.4 Å². The molecule has 25 heavy (non-hydrogen) atoms. The number of pyridine rings is 1. The number of methoxy groups -OCH3 is 2. The van der Waals surface area contributed by atoms with Gasteiger partial charge in [0.2, 0.25) is 0 Å². The Bertz CT molecular complexity index is 946. The molecular weight excluding hydrogens is 318 g/mol. The fourth-order valence-corrected chi connectivity index (χ4v) is 2.78. The van der Waals surface area contributed by atoms with Gasteiger partial charge in [-0.25, -0.2) is 0 Å². The minimum atomic E-state index is -0.0702. The van der Waals surface area contributed by atoms with E-state index in [-0.39, 0.29) is 5.43 Å². The van der Waals surface area contributed by atoms with Crippen LogP contribution in [0.4, 0.5) is 0 Å². The van der Waals surface area contributed by atoms with E-state index in [1.54, 1.807) is 32.5 Å². The summed E-state index contributed by atoms with van der Waals surface area (Å²) in [7, 11) is 3.17. The van der Waals surface area contributed by atoms with Crippen molar-refractivity contribution >= 4 is 10.9 Å². The standard InChI is InChI=1S/C20H21NO4/c1-4-10-25-17-7-5-6-15-19(17)21-12-16(20(15)22)14-9-8-13(23-2)11-18(14)24-3/h5-9,11-12H,4,10H2,1-3H3,(H,21,22). The van der Waals surface area contributed by atoms with Gasteiger partial charge >= 0.3 is 0 Å². The van der Waals surface area contributed by atoms with Crippen LogP contribution >= 0.6 is 0 Å². The number of nitrogens with one attached hydrogen (secondary N) is 1. The molecular formula is C20H21NO4. The van der Waals surface area contributed by atoms with Crippen LogP contribution in [0, 0.1) is 0 Å². The van der Waals surface area contributed by atoms with Crippen molar-refractivity contribution in [3.05, 3.63) is 52.8 Å². The monoisotopic (exact) mass is 339 g/mol. The normalized spacial score (nSPS) is 10.7. The fourth-order valence-electron chi connectivity index (χ4n) is 2.78. The summed E-state index contributed by atoms with van der Waals surface area (Å²) in [6, 6.07) is 10.9. The van der Waals surface area contributed by atoms with E-state index >= 15 is 0 Å². The SMILES string of the molecule is CCCOc1cccc2c(=O)c(-c3ccc(OC)cc3OC)c[nH]c12. The molecule has 0 unspecified atom stereocenters. The van der Waals surface area contributed by atoms with Crippen molar-refractivity contribution in [3.63, 3.8) is 0 Å². The van der Waals surface area contributed by atoms with Crippen LogP contribution in [-0.2, 0) is 0 Å². The Morgan fingerprint density at radius 2 is 1.84 bits per heavy atom. The highest BCUT2D eigenvalue weighted by Gasteiger charge is 2.14. The molecule has 0 bridgehead atoms. The van der Waals surface area contributed by atoms with Crippen molar-refractivity contribution in [2.75, 3.05) is 20.8 Å². The van der Waals surface area contributed by atoms with E-state index in [0.29, 0.717) is 45.9 Å². The fraction of sp³-hybridized carbons (Fsp3) is 0.250. The summed E-state index contributed by atoms with van der Waals surface area (Å²) in [5.74, 6) is 1.94. The summed E-state index contributed by atoms with van der Waals surface area (Å²) in [6.07, 6.45) is 2.61. The minimum Gasteiger partial charge on any atom is -0.497 e. The van der Waals surface area contributed by atoms with E-state index in [1.165, 1.54) is 0 Å². The summed E-state index contributed by atoms with van der Waals surface area (Å²) < 4.78 is 16.4. The van der Waals surface area contributed by atoms with Crippen molar-refractivity contribution < 1.29 is 14.2 Å². The van der Waals surface area contributed by atoms with Gasteiger partial charge < -0.3 is 19.2 Å². The maximum Gasteiger partial charge on any atom is 0.197 e. The average Bonchev–Trinajstić information content (AvgIpc) is 2.66. The molecule has 5 heteroatoms. The van der Waals surface area contributed by atoms with Gasteiger partial charge in [-0.3, -0.25) is 4.79 Å². The van der Waals surface area contributed by atoms with E-state index in [1.807, 2.05) is 31.2 Å². The third-order valence-corrected chi connectivity index (χ3v) is 4.04. The lowest BCUT2D eigenvalue weighted by Crippen LogP contribution is -2.08. The van der Waals surface area contributed by atoms with Gasteiger partial charge in [0.1, 0.15) is 17.2 Å². The molecule has 1 heterocycles. The number of hydrogen-bond acceptors (Lipinski definition) is 4. The number of benzene rings is 2. The Kier molecular flexibility index (Phi) is 4.93. The number of para-hydroxylation sites is 1. The second kappa shape index (κ2) is 7.30. The van der Waals surface area contributed by atoms with Gasteiger partial charge in [-0.05, 0) is 30.7 Å². The molecule has 2 aromatic carbocycles. The molecule has 1 aromatic heterocycles. The topological polar surface area (TPSA) is 60.6 Å². The third-order valence-electron chi connectivity index (χ3n) is 4.04. The molecule has 0 saturated heterocycles. The van der Waals surface area contributed by atoms with E-state index < -0.39 is 0 Å². The highest BCUT2D eigenvalue weighted by molar-refractivity contribution is 5.88. The van der Waals surface area contributed by atoms with Crippen LogP contribution in [-0.4, -0.2) is 25.8 Å². The lowest BCUT2D eigenvalue weighted by Gasteiger charge is -2.12. The summed E-state index contributed by atoms with van der Waals surface area (Å²) in [5, 5.41) is 0.587. The van der Waals surface area contributed by atoms with Crippen LogP contribution in [0.1, 0.15) is 13.3 Å². The number of H-pyrrole nitrogens is 1. The van der Waals surface area contributed by atoms with E-state index in [2.05, 4.69) is 4.98 Å². The second-order valence-electron chi connectivity index (χ2n) is 5.62. The Labute approximate surface area is 146 Å². The second-order valence-corrected chi connectivity index (χ2v) is 5.62. The molecule has 3 aromatic rings. The first-order chi connectivity index (χ1) is 12.2. The Morgan fingerprint density at radius 1 is 1.00 bits per heavy atom. The lowest BCUT2D eigenvalue weighted by atomic mass is 10.0. The van der Waals surface area contributed by atoms with Gasteiger partial charge in [0.05, 0.1) is 26.3 Å². The van der Waals surface area contributed by atoms with Crippen molar-refractivity contribution in [1.29, 1.82) is 0 Å². The summed E-state index contributed by atoms with van der Waals surface area (Å²) in [6.45, 7) is 2.65. The summed E-state index contributed by atoms with van der Waals surface area (Å²) >= 11 is 0. The zero-order valence-corrected chi connectivity index (χ0v) is 14.6. The molecule has 0 aliphatic rings. The highest BCUT2D eigenvalue weighted by atomic mass is 16.5. The molecule has 5 nitrogen and oxygen atoms in total. The predicted octanol–water partition coefficient (Wildman–Crippen LogP) is 4.00. The molecule has 0 radical (unpaired) electrons. The molecule has 3 rings (SSSR count). The Hall–Kier alpha value is -2.95. The quantitative estimate of drug-likeness (QED) is 0.737. The van der Waals surface area contributed by atoms with Crippen molar-refractivity contribution in [2.45, 2.75) is 13.3 Å². The van der Waals surface area contributed by atoms with Crippen molar-refractivity contribution in [1.82, 2.24) is 4.98 Å². The molecule has 130 valence electrons. The van der Waals surface area contributed by atoms with Crippen LogP contribution < -0.4 is 19.6 Å². The number of aromatic nitrogens is 1. The van der Waals surface area contributed by atoms with Crippen LogP contribution in [0.25, 0.3) is 22.0 Å². The van der Waals surface area contributed by atoms with Gasteiger partial charge in [0.25, 0.3) is 0 Å². The molecule has 1 N–H and O–H groups in total. The highest BCUT2D eigenvalue weighted by Crippen LogP contribution is 2.32. The first-order valence-electron chi connectivity index (χ1n) is 8.19. The lowest BCUT2D eigenvalue weighted by molar-refractivity contribution is 0.320. The molecule has 0 aliphatic carbocycles. The predicted molar refractivity (Wildman–Crippen MR) is 98.9 cm³/mol. The minimum absolute atomic E-state index is 0.0702. The van der Waals surface area contributed by atoms with Crippen molar-refractivity contribution in [2.24, 2.45) is 0 Å².